The topological polar surface area (TPSA) is 64.9 Å². The fourth-order valence-corrected chi connectivity index (χ4v) is 4.16. The van der Waals surface area contributed by atoms with Crippen LogP contribution in [-0.2, 0) is 5.41 Å². The SMILES string of the molecule is COc1cccc(C2(CNC(c3nnnn3C(C)c3ccccc3)C(C)C)CC2)c1. The van der Waals surface area contributed by atoms with Crippen LogP contribution in [0.4, 0.5) is 0 Å². The van der Waals surface area contributed by atoms with E-state index in [0.29, 0.717) is 5.92 Å². The highest BCUT2D eigenvalue weighted by Crippen LogP contribution is 2.48. The van der Waals surface area contributed by atoms with Gasteiger partial charge in [-0.3, -0.25) is 0 Å². The molecule has 0 spiro atoms. The average Bonchev–Trinajstić information content (AvgIpc) is 3.42. The van der Waals surface area contributed by atoms with Gasteiger partial charge in [-0.15, -0.1) is 5.10 Å². The fraction of sp³-hybridized carbons (Fsp3) is 0.458. The molecule has 2 unspecified atom stereocenters. The maximum atomic E-state index is 5.43. The van der Waals surface area contributed by atoms with Crippen molar-refractivity contribution in [2.24, 2.45) is 5.92 Å². The summed E-state index contributed by atoms with van der Waals surface area (Å²) in [6.07, 6.45) is 2.37. The zero-order chi connectivity index (χ0) is 21.1. The summed E-state index contributed by atoms with van der Waals surface area (Å²) < 4.78 is 7.39. The van der Waals surface area contributed by atoms with E-state index >= 15 is 0 Å². The van der Waals surface area contributed by atoms with Gasteiger partial charge in [0.25, 0.3) is 0 Å². The predicted molar refractivity (Wildman–Crippen MR) is 118 cm³/mol. The smallest absolute Gasteiger partial charge is 0.169 e. The highest BCUT2D eigenvalue weighted by atomic mass is 16.5. The van der Waals surface area contributed by atoms with Crippen molar-refractivity contribution in [3.63, 3.8) is 0 Å². The highest BCUT2D eigenvalue weighted by Gasteiger charge is 2.45. The van der Waals surface area contributed by atoms with Crippen LogP contribution in [0.3, 0.4) is 0 Å². The zero-order valence-corrected chi connectivity index (χ0v) is 18.2. The molecule has 3 aromatic rings. The Labute approximate surface area is 178 Å². The molecular weight excluding hydrogens is 374 g/mol. The monoisotopic (exact) mass is 405 g/mol. The molecule has 1 aromatic heterocycles. The Morgan fingerprint density at radius 2 is 1.83 bits per heavy atom. The molecule has 0 radical (unpaired) electrons. The number of aromatic nitrogens is 4. The van der Waals surface area contributed by atoms with Crippen LogP contribution in [0, 0.1) is 5.92 Å². The van der Waals surface area contributed by atoms with E-state index in [9.17, 15) is 0 Å². The van der Waals surface area contributed by atoms with Gasteiger partial charge in [0.2, 0.25) is 0 Å². The molecule has 6 nitrogen and oxygen atoms in total. The zero-order valence-electron chi connectivity index (χ0n) is 18.2. The maximum Gasteiger partial charge on any atom is 0.169 e. The Bertz CT molecular complexity index is 964. The van der Waals surface area contributed by atoms with Gasteiger partial charge in [0.05, 0.1) is 19.2 Å². The Morgan fingerprint density at radius 3 is 2.50 bits per heavy atom. The van der Waals surface area contributed by atoms with E-state index < -0.39 is 0 Å². The lowest BCUT2D eigenvalue weighted by Gasteiger charge is -2.26. The Kier molecular flexibility index (Phi) is 5.86. The van der Waals surface area contributed by atoms with Crippen molar-refractivity contribution in [1.29, 1.82) is 0 Å². The third-order valence-corrected chi connectivity index (χ3v) is 6.31. The first kappa shape index (κ1) is 20.5. The quantitative estimate of drug-likeness (QED) is 0.575. The minimum atomic E-state index is 0.0764. The summed E-state index contributed by atoms with van der Waals surface area (Å²) in [5, 5.41) is 16.6. The van der Waals surface area contributed by atoms with Crippen LogP contribution in [-0.4, -0.2) is 33.9 Å². The van der Waals surface area contributed by atoms with Crippen LogP contribution < -0.4 is 10.1 Å². The van der Waals surface area contributed by atoms with Gasteiger partial charge in [0.15, 0.2) is 5.82 Å². The largest absolute Gasteiger partial charge is 0.497 e. The Morgan fingerprint density at radius 1 is 1.07 bits per heavy atom. The van der Waals surface area contributed by atoms with Crippen molar-refractivity contribution < 1.29 is 4.74 Å². The van der Waals surface area contributed by atoms with E-state index in [1.54, 1.807) is 7.11 Å². The number of nitrogens with zero attached hydrogens (tertiary/aromatic N) is 4. The summed E-state index contributed by atoms with van der Waals surface area (Å²) >= 11 is 0. The second kappa shape index (κ2) is 8.56. The summed E-state index contributed by atoms with van der Waals surface area (Å²) in [5.41, 5.74) is 2.71. The number of hydrogen-bond donors (Lipinski definition) is 1. The van der Waals surface area contributed by atoms with Crippen LogP contribution in [0.2, 0.25) is 0 Å². The first-order valence-corrected chi connectivity index (χ1v) is 10.7. The standard InChI is InChI=1S/C24H31N5O/c1-17(2)22(23-26-27-28-29(23)18(3)19-9-6-5-7-10-19)25-16-24(13-14-24)20-11-8-12-21(15-20)30-4/h5-12,15,17-18,22,25H,13-14,16H2,1-4H3. The molecule has 0 aliphatic heterocycles. The number of benzene rings is 2. The molecule has 1 N–H and O–H groups in total. The first-order valence-electron chi connectivity index (χ1n) is 10.7. The minimum Gasteiger partial charge on any atom is -0.497 e. The van der Waals surface area contributed by atoms with Gasteiger partial charge in [-0.1, -0.05) is 56.3 Å². The normalized spacial score (nSPS) is 17.0. The van der Waals surface area contributed by atoms with Crippen LogP contribution in [0.25, 0.3) is 0 Å². The van der Waals surface area contributed by atoms with Gasteiger partial charge in [-0.2, -0.15) is 0 Å². The Hall–Kier alpha value is -2.73. The van der Waals surface area contributed by atoms with E-state index in [0.717, 1.165) is 18.1 Å². The lowest BCUT2D eigenvalue weighted by atomic mass is 9.94. The molecular formula is C24H31N5O. The van der Waals surface area contributed by atoms with E-state index in [1.165, 1.54) is 24.0 Å². The molecule has 1 saturated carbocycles. The maximum absolute atomic E-state index is 5.43. The summed E-state index contributed by atoms with van der Waals surface area (Å²) in [6, 6.07) is 19.0. The average molecular weight is 406 g/mol. The predicted octanol–water partition coefficient (Wildman–Crippen LogP) is 4.31. The number of methoxy groups -OCH3 is 1. The summed E-state index contributed by atoms with van der Waals surface area (Å²) in [4.78, 5) is 0. The van der Waals surface area contributed by atoms with Crippen LogP contribution in [0.5, 0.6) is 5.75 Å². The van der Waals surface area contributed by atoms with Crippen molar-refractivity contribution in [1.82, 2.24) is 25.5 Å². The summed E-state index contributed by atoms with van der Waals surface area (Å²) in [7, 11) is 1.72. The molecule has 1 aliphatic rings. The Balaban J connectivity index is 1.54. The van der Waals surface area contributed by atoms with Gasteiger partial charge in [0.1, 0.15) is 5.75 Å². The van der Waals surface area contributed by atoms with Gasteiger partial charge < -0.3 is 10.1 Å². The molecule has 1 heterocycles. The molecule has 2 atom stereocenters. The molecule has 0 bridgehead atoms. The minimum absolute atomic E-state index is 0.0764. The van der Waals surface area contributed by atoms with Gasteiger partial charge in [-0.05, 0) is 59.4 Å². The van der Waals surface area contributed by atoms with Crippen molar-refractivity contribution in [2.45, 2.75) is 51.1 Å². The van der Waals surface area contributed by atoms with E-state index in [1.807, 2.05) is 16.8 Å². The number of tetrazole rings is 1. The van der Waals surface area contributed by atoms with Crippen molar-refractivity contribution in [2.75, 3.05) is 13.7 Å². The second-order valence-corrected chi connectivity index (χ2v) is 8.68. The van der Waals surface area contributed by atoms with Crippen LogP contribution in [0.15, 0.2) is 54.6 Å². The molecule has 158 valence electrons. The molecule has 1 aliphatic carbocycles. The molecule has 4 rings (SSSR count). The van der Waals surface area contributed by atoms with Crippen LogP contribution >= 0.6 is 0 Å². The van der Waals surface area contributed by atoms with Crippen LogP contribution in [0.1, 0.15) is 62.6 Å². The van der Waals surface area contributed by atoms with Gasteiger partial charge >= 0.3 is 0 Å². The lowest BCUT2D eigenvalue weighted by Crippen LogP contribution is -2.35. The highest BCUT2D eigenvalue weighted by molar-refractivity contribution is 5.38. The molecule has 1 fully saturated rings. The van der Waals surface area contributed by atoms with Crippen molar-refractivity contribution >= 4 is 0 Å². The van der Waals surface area contributed by atoms with Gasteiger partial charge in [0, 0.05) is 12.0 Å². The van der Waals surface area contributed by atoms with Crippen molar-refractivity contribution in [3.8, 4) is 5.75 Å². The number of nitrogens with one attached hydrogen (secondary N) is 1. The molecule has 2 aromatic carbocycles. The summed E-state index contributed by atoms with van der Waals surface area (Å²) in [5.74, 6) is 2.17. The van der Waals surface area contributed by atoms with E-state index in [4.69, 9.17) is 4.74 Å². The third-order valence-electron chi connectivity index (χ3n) is 6.31. The van der Waals surface area contributed by atoms with Crippen molar-refractivity contribution in [3.05, 3.63) is 71.5 Å². The first-order chi connectivity index (χ1) is 14.5. The lowest BCUT2D eigenvalue weighted by molar-refractivity contribution is 0.353. The molecule has 0 amide bonds. The molecule has 0 saturated heterocycles. The molecule has 30 heavy (non-hydrogen) atoms. The number of hydrogen-bond acceptors (Lipinski definition) is 5. The van der Waals surface area contributed by atoms with Gasteiger partial charge in [-0.25, -0.2) is 4.68 Å². The molecule has 6 heteroatoms. The fourth-order valence-electron chi connectivity index (χ4n) is 4.16. The van der Waals surface area contributed by atoms with E-state index in [2.05, 4.69) is 84.1 Å². The van der Waals surface area contributed by atoms with E-state index in [-0.39, 0.29) is 17.5 Å². The number of ether oxygens (including phenoxy) is 1. The second-order valence-electron chi connectivity index (χ2n) is 8.68. The third kappa shape index (κ3) is 4.10. The number of rotatable bonds is 9. The summed E-state index contributed by atoms with van der Waals surface area (Å²) in [6.45, 7) is 7.48.